The number of rotatable bonds is 7. The number of hydrogen-bond acceptors (Lipinski definition) is 3. The second kappa shape index (κ2) is 6.72. The summed E-state index contributed by atoms with van der Waals surface area (Å²) in [5.74, 6) is 1.21. The van der Waals surface area contributed by atoms with Gasteiger partial charge in [-0.1, -0.05) is 26.7 Å². The van der Waals surface area contributed by atoms with Gasteiger partial charge in [-0.2, -0.15) is 0 Å². The molecule has 0 aliphatic heterocycles. The zero-order valence-corrected chi connectivity index (χ0v) is 13.5. The minimum Gasteiger partial charge on any atom is -0.334 e. The van der Waals surface area contributed by atoms with Crippen molar-refractivity contribution in [1.29, 1.82) is 0 Å². The lowest BCUT2D eigenvalue weighted by Gasteiger charge is -2.43. The maximum Gasteiger partial charge on any atom is 0.127 e. The van der Waals surface area contributed by atoms with E-state index in [2.05, 4.69) is 48.9 Å². The van der Waals surface area contributed by atoms with Gasteiger partial charge >= 0.3 is 0 Å². The van der Waals surface area contributed by atoms with E-state index in [4.69, 9.17) is 4.98 Å². The molecule has 2 rings (SSSR count). The lowest BCUT2D eigenvalue weighted by Crippen LogP contribution is -2.52. The first-order valence-corrected chi connectivity index (χ1v) is 8.07. The van der Waals surface area contributed by atoms with Crippen molar-refractivity contribution in [2.24, 2.45) is 0 Å². The predicted molar refractivity (Wildman–Crippen MR) is 83.8 cm³/mol. The molecule has 1 unspecified atom stereocenters. The average Bonchev–Trinajstić information content (AvgIpc) is 3.06. The van der Waals surface area contributed by atoms with Gasteiger partial charge in [-0.3, -0.25) is 0 Å². The highest BCUT2D eigenvalue weighted by Crippen LogP contribution is 2.43. The SMILES string of the molecule is CCCn1ccnc1C(NCC)C1(N(C)C)CCCC1. The Hall–Kier alpha value is -0.870. The van der Waals surface area contributed by atoms with Crippen LogP contribution in [0.25, 0.3) is 0 Å². The van der Waals surface area contributed by atoms with Crippen LogP contribution in [0, 0.1) is 0 Å². The summed E-state index contributed by atoms with van der Waals surface area (Å²) in [4.78, 5) is 7.13. The quantitative estimate of drug-likeness (QED) is 0.832. The van der Waals surface area contributed by atoms with Crippen molar-refractivity contribution in [2.45, 2.75) is 64.1 Å². The molecule has 20 heavy (non-hydrogen) atoms. The molecule has 1 aromatic heterocycles. The molecule has 1 aliphatic rings. The summed E-state index contributed by atoms with van der Waals surface area (Å²) in [5.41, 5.74) is 0.215. The molecule has 1 aromatic rings. The van der Waals surface area contributed by atoms with Gasteiger partial charge in [0.15, 0.2) is 0 Å². The van der Waals surface area contributed by atoms with Crippen molar-refractivity contribution in [3.8, 4) is 0 Å². The van der Waals surface area contributed by atoms with E-state index in [9.17, 15) is 0 Å². The second-order valence-corrected chi connectivity index (χ2v) is 6.17. The van der Waals surface area contributed by atoms with E-state index in [0.29, 0.717) is 6.04 Å². The molecule has 0 amide bonds. The van der Waals surface area contributed by atoms with Gasteiger partial charge in [0.05, 0.1) is 6.04 Å². The number of hydrogen-bond donors (Lipinski definition) is 1. The fourth-order valence-corrected chi connectivity index (χ4v) is 3.72. The highest BCUT2D eigenvalue weighted by atomic mass is 15.2. The van der Waals surface area contributed by atoms with Gasteiger partial charge in [0.2, 0.25) is 0 Å². The van der Waals surface area contributed by atoms with E-state index in [1.165, 1.54) is 31.5 Å². The minimum atomic E-state index is 0.215. The summed E-state index contributed by atoms with van der Waals surface area (Å²) in [6.07, 6.45) is 10.4. The topological polar surface area (TPSA) is 33.1 Å². The van der Waals surface area contributed by atoms with E-state index < -0.39 is 0 Å². The Morgan fingerprint density at radius 1 is 1.35 bits per heavy atom. The smallest absolute Gasteiger partial charge is 0.127 e. The molecule has 1 saturated carbocycles. The van der Waals surface area contributed by atoms with Crippen LogP contribution in [-0.2, 0) is 6.54 Å². The predicted octanol–water partition coefficient (Wildman–Crippen LogP) is 2.82. The highest BCUT2D eigenvalue weighted by Gasteiger charge is 2.45. The molecule has 0 aromatic carbocycles. The molecular formula is C16H30N4. The highest BCUT2D eigenvalue weighted by molar-refractivity contribution is 5.12. The second-order valence-electron chi connectivity index (χ2n) is 6.17. The fourth-order valence-electron chi connectivity index (χ4n) is 3.72. The van der Waals surface area contributed by atoms with Crippen LogP contribution >= 0.6 is 0 Å². The summed E-state index contributed by atoms with van der Waals surface area (Å²) < 4.78 is 2.33. The van der Waals surface area contributed by atoms with E-state index in [0.717, 1.165) is 19.5 Å². The van der Waals surface area contributed by atoms with Gasteiger partial charge < -0.3 is 14.8 Å². The van der Waals surface area contributed by atoms with Crippen molar-refractivity contribution < 1.29 is 0 Å². The third kappa shape index (κ3) is 2.77. The lowest BCUT2D eigenvalue weighted by atomic mass is 9.86. The van der Waals surface area contributed by atoms with Gasteiger partial charge in [-0.05, 0) is 39.9 Å². The molecule has 0 bridgehead atoms. The van der Waals surface area contributed by atoms with Crippen LogP contribution in [0.2, 0.25) is 0 Å². The Bertz CT molecular complexity index is 404. The Morgan fingerprint density at radius 3 is 2.60 bits per heavy atom. The van der Waals surface area contributed by atoms with Gasteiger partial charge in [-0.25, -0.2) is 4.98 Å². The van der Waals surface area contributed by atoms with Crippen LogP contribution < -0.4 is 5.32 Å². The lowest BCUT2D eigenvalue weighted by molar-refractivity contribution is 0.0992. The Morgan fingerprint density at radius 2 is 2.05 bits per heavy atom. The Balaban J connectivity index is 2.36. The number of nitrogens with one attached hydrogen (secondary N) is 1. The molecule has 4 heteroatoms. The zero-order valence-electron chi connectivity index (χ0n) is 13.5. The maximum atomic E-state index is 4.70. The summed E-state index contributed by atoms with van der Waals surface area (Å²) in [6.45, 7) is 6.46. The first-order valence-electron chi connectivity index (χ1n) is 8.07. The largest absolute Gasteiger partial charge is 0.334 e. The first kappa shape index (κ1) is 15.5. The van der Waals surface area contributed by atoms with Gasteiger partial charge in [-0.15, -0.1) is 0 Å². The van der Waals surface area contributed by atoms with Gasteiger partial charge in [0, 0.05) is 24.5 Å². The molecule has 1 fully saturated rings. The molecular weight excluding hydrogens is 248 g/mol. The first-order chi connectivity index (χ1) is 9.65. The van der Waals surface area contributed by atoms with Crippen LogP contribution in [0.3, 0.4) is 0 Å². The zero-order chi connectivity index (χ0) is 14.6. The normalized spacial score (nSPS) is 19.6. The van der Waals surface area contributed by atoms with Crippen LogP contribution in [0.4, 0.5) is 0 Å². The van der Waals surface area contributed by atoms with E-state index >= 15 is 0 Å². The van der Waals surface area contributed by atoms with E-state index in [-0.39, 0.29) is 5.54 Å². The number of aromatic nitrogens is 2. The van der Waals surface area contributed by atoms with Crippen molar-refractivity contribution >= 4 is 0 Å². The molecule has 114 valence electrons. The number of aryl methyl sites for hydroxylation is 1. The molecule has 1 aliphatic carbocycles. The van der Waals surface area contributed by atoms with Crippen LogP contribution in [0.1, 0.15) is 57.8 Å². The monoisotopic (exact) mass is 278 g/mol. The van der Waals surface area contributed by atoms with Crippen molar-refractivity contribution in [3.05, 3.63) is 18.2 Å². The third-order valence-electron chi connectivity index (χ3n) is 4.78. The fraction of sp³-hybridized carbons (Fsp3) is 0.812. The maximum absolute atomic E-state index is 4.70. The van der Waals surface area contributed by atoms with Gasteiger partial charge in [0.1, 0.15) is 5.82 Å². The standard InChI is InChI=1S/C16H30N4/c1-5-12-20-13-11-18-15(20)14(17-6-2)16(19(3)4)9-7-8-10-16/h11,13-14,17H,5-10,12H2,1-4H3. The summed E-state index contributed by atoms with van der Waals surface area (Å²) >= 11 is 0. The minimum absolute atomic E-state index is 0.215. The van der Waals surface area contributed by atoms with Crippen molar-refractivity contribution in [3.63, 3.8) is 0 Å². The van der Waals surface area contributed by atoms with Gasteiger partial charge in [0.25, 0.3) is 0 Å². The molecule has 1 heterocycles. The number of imidazole rings is 1. The van der Waals surface area contributed by atoms with E-state index in [1.807, 2.05) is 6.20 Å². The summed E-state index contributed by atoms with van der Waals surface area (Å²) in [7, 11) is 4.45. The summed E-state index contributed by atoms with van der Waals surface area (Å²) in [6, 6.07) is 0.326. The van der Waals surface area contributed by atoms with Crippen LogP contribution in [0.15, 0.2) is 12.4 Å². The molecule has 0 spiro atoms. The average molecular weight is 278 g/mol. The van der Waals surface area contributed by atoms with Crippen LogP contribution in [-0.4, -0.2) is 40.6 Å². The van der Waals surface area contributed by atoms with Crippen LogP contribution in [0.5, 0.6) is 0 Å². The summed E-state index contributed by atoms with van der Waals surface area (Å²) in [5, 5.41) is 3.72. The molecule has 0 radical (unpaired) electrons. The van der Waals surface area contributed by atoms with Crippen molar-refractivity contribution in [1.82, 2.24) is 19.8 Å². The number of likely N-dealkylation sites (N-methyl/N-ethyl adjacent to an activating group) is 2. The molecule has 4 nitrogen and oxygen atoms in total. The Kier molecular flexibility index (Phi) is 5.22. The molecule has 0 saturated heterocycles. The Labute approximate surface area is 123 Å². The molecule has 1 N–H and O–H groups in total. The number of nitrogens with zero attached hydrogens (tertiary/aromatic N) is 3. The molecule has 1 atom stereocenters. The third-order valence-corrected chi connectivity index (χ3v) is 4.78. The van der Waals surface area contributed by atoms with E-state index in [1.54, 1.807) is 0 Å². The van der Waals surface area contributed by atoms with Crippen molar-refractivity contribution in [2.75, 3.05) is 20.6 Å².